The van der Waals surface area contributed by atoms with E-state index in [1.54, 1.807) is 39.0 Å². The Hall–Kier alpha value is -2.38. The number of benzene rings is 2. The molecule has 0 aliphatic carbocycles. The summed E-state index contributed by atoms with van der Waals surface area (Å²) < 4.78 is 40.9. The van der Waals surface area contributed by atoms with Gasteiger partial charge in [-0.15, -0.1) is 0 Å². The summed E-state index contributed by atoms with van der Waals surface area (Å²) in [7, 11) is -3.84. The molecular formula is C22H28O6S. The lowest BCUT2D eigenvalue weighted by molar-refractivity contribution is -0.156. The van der Waals surface area contributed by atoms with Crippen molar-refractivity contribution in [2.24, 2.45) is 5.41 Å². The number of hydrogen-bond donors (Lipinski definition) is 0. The molecule has 2 rings (SSSR count). The Morgan fingerprint density at radius 2 is 1.69 bits per heavy atom. The van der Waals surface area contributed by atoms with E-state index in [2.05, 4.69) is 0 Å². The van der Waals surface area contributed by atoms with E-state index in [-0.39, 0.29) is 30.7 Å². The van der Waals surface area contributed by atoms with Gasteiger partial charge in [0.2, 0.25) is 0 Å². The van der Waals surface area contributed by atoms with Crippen LogP contribution in [0.4, 0.5) is 0 Å². The Morgan fingerprint density at radius 3 is 2.34 bits per heavy atom. The molecule has 0 spiro atoms. The molecule has 1 unspecified atom stereocenters. The Balaban J connectivity index is 1.97. The molecule has 0 radical (unpaired) electrons. The van der Waals surface area contributed by atoms with Gasteiger partial charge in [0.05, 0.1) is 23.5 Å². The van der Waals surface area contributed by atoms with Crippen molar-refractivity contribution in [1.29, 1.82) is 0 Å². The van der Waals surface area contributed by atoms with Crippen LogP contribution in [0.5, 0.6) is 5.75 Å². The lowest BCUT2D eigenvalue weighted by Crippen LogP contribution is -2.36. The number of rotatable bonds is 11. The van der Waals surface area contributed by atoms with Gasteiger partial charge in [-0.1, -0.05) is 36.4 Å². The molecule has 2 aromatic rings. The highest BCUT2D eigenvalue weighted by atomic mass is 32.2. The van der Waals surface area contributed by atoms with E-state index in [1.165, 1.54) is 6.07 Å². The van der Waals surface area contributed by atoms with Gasteiger partial charge in [0.15, 0.2) is 0 Å². The highest BCUT2D eigenvalue weighted by Gasteiger charge is 2.35. The smallest absolute Gasteiger partial charge is 0.315 e. The van der Waals surface area contributed by atoms with Crippen molar-refractivity contribution in [3.05, 3.63) is 60.2 Å². The van der Waals surface area contributed by atoms with Gasteiger partial charge in [0.25, 0.3) is 10.1 Å². The second-order valence-electron chi connectivity index (χ2n) is 7.03. The van der Waals surface area contributed by atoms with Gasteiger partial charge in [0.1, 0.15) is 12.4 Å². The van der Waals surface area contributed by atoms with E-state index in [0.29, 0.717) is 24.2 Å². The number of carbonyl (C=O) groups excluding carboxylic acids is 1. The van der Waals surface area contributed by atoms with Crippen LogP contribution < -0.4 is 4.74 Å². The number of hydrogen-bond acceptors (Lipinski definition) is 6. The minimum Gasteiger partial charge on any atom is -0.492 e. The highest BCUT2D eigenvalue weighted by Crippen LogP contribution is 2.27. The Kier molecular flexibility index (Phi) is 8.22. The molecule has 2 aromatic carbocycles. The van der Waals surface area contributed by atoms with Crippen LogP contribution >= 0.6 is 0 Å². The summed E-state index contributed by atoms with van der Waals surface area (Å²) in [6, 6.07) is 15.9. The summed E-state index contributed by atoms with van der Waals surface area (Å²) in [5.74, 6) is 0.277. The molecule has 6 nitrogen and oxygen atoms in total. The number of esters is 1. The van der Waals surface area contributed by atoms with Gasteiger partial charge in [0, 0.05) is 0 Å². The summed E-state index contributed by atoms with van der Waals surface area (Å²) in [5.41, 5.74) is -0.290. The predicted molar refractivity (Wildman–Crippen MR) is 110 cm³/mol. The molecule has 158 valence electrons. The van der Waals surface area contributed by atoms with E-state index in [4.69, 9.17) is 13.7 Å². The first-order valence-electron chi connectivity index (χ1n) is 9.58. The second-order valence-corrected chi connectivity index (χ2v) is 8.61. The Labute approximate surface area is 172 Å². The van der Waals surface area contributed by atoms with E-state index in [0.717, 1.165) is 0 Å². The first-order valence-corrected chi connectivity index (χ1v) is 11.0. The number of aryl methyl sites for hydroxylation is 1. The van der Waals surface area contributed by atoms with Crippen molar-refractivity contribution >= 4 is 16.1 Å². The maximum absolute atomic E-state index is 12.5. The summed E-state index contributed by atoms with van der Waals surface area (Å²) in [5, 5.41) is 0. The van der Waals surface area contributed by atoms with Crippen LogP contribution in [0, 0.1) is 12.3 Å². The fourth-order valence-corrected chi connectivity index (χ4v) is 4.00. The van der Waals surface area contributed by atoms with Gasteiger partial charge < -0.3 is 9.47 Å². The molecule has 0 amide bonds. The van der Waals surface area contributed by atoms with Crippen molar-refractivity contribution in [1.82, 2.24) is 0 Å². The lowest BCUT2D eigenvalue weighted by atomic mass is 9.86. The molecule has 0 aliphatic rings. The van der Waals surface area contributed by atoms with Crippen LogP contribution in [-0.2, 0) is 23.8 Å². The van der Waals surface area contributed by atoms with Crippen LogP contribution in [0.3, 0.4) is 0 Å². The normalized spacial score (nSPS) is 13.5. The molecule has 0 fully saturated rings. The Bertz CT molecular complexity index is 895. The predicted octanol–water partition coefficient (Wildman–Crippen LogP) is 4.13. The molecule has 0 N–H and O–H groups in total. The first-order chi connectivity index (χ1) is 13.8. The molecule has 0 heterocycles. The third-order valence-electron chi connectivity index (χ3n) is 4.54. The maximum Gasteiger partial charge on any atom is 0.315 e. The second kappa shape index (κ2) is 10.4. The molecule has 0 bridgehead atoms. The summed E-state index contributed by atoms with van der Waals surface area (Å²) in [6.45, 7) is 5.57. The van der Waals surface area contributed by atoms with E-state index >= 15 is 0 Å². The van der Waals surface area contributed by atoms with E-state index in [9.17, 15) is 13.2 Å². The van der Waals surface area contributed by atoms with Crippen LogP contribution in [0.15, 0.2) is 59.5 Å². The standard InChI is InChI=1S/C22H28O6S/c1-4-26-21(23)22(3,17-27-19-12-6-5-7-13-19)15-10-16-28-29(24,25)20-14-9-8-11-18(20)2/h5-9,11-14H,4,10,15-17H2,1-3H3. The SMILES string of the molecule is CCOC(=O)C(C)(CCCOS(=O)(=O)c1ccccc1C)COc1ccccc1. The third-order valence-corrected chi connectivity index (χ3v) is 6.02. The van der Waals surface area contributed by atoms with Crippen molar-refractivity contribution < 1.29 is 26.9 Å². The van der Waals surface area contributed by atoms with Crippen LogP contribution in [0.1, 0.15) is 32.3 Å². The topological polar surface area (TPSA) is 78.9 Å². The van der Waals surface area contributed by atoms with Gasteiger partial charge in [-0.05, 0) is 57.4 Å². The molecular weight excluding hydrogens is 392 g/mol. The molecule has 0 aromatic heterocycles. The number of ether oxygens (including phenoxy) is 2. The molecule has 0 aliphatic heterocycles. The average Bonchev–Trinajstić information content (AvgIpc) is 2.71. The maximum atomic E-state index is 12.5. The van der Waals surface area contributed by atoms with Gasteiger partial charge in [-0.2, -0.15) is 8.42 Å². The molecule has 0 saturated carbocycles. The highest BCUT2D eigenvalue weighted by molar-refractivity contribution is 7.86. The zero-order valence-corrected chi connectivity index (χ0v) is 17.9. The summed E-state index contributed by atoms with van der Waals surface area (Å²) in [6.07, 6.45) is 0.723. The van der Waals surface area contributed by atoms with Crippen LogP contribution in [-0.4, -0.2) is 34.2 Å². The van der Waals surface area contributed by atoms with Crippen molar-refractivity contribution in [3.63, 3.8) is 0 Å². The van der Waals surface area contributed by atoms with Gasteiger partial charge >= 0.3 is 5.97 Å². The number of carbonyl (C=O) groups is 1. The average molecular weight is 421 g/mol. The Morgan fingerprint density at radius 1 is 1.03 bits per heavy atom. The van der Waals surface area contributed by atoms with Crippen LogP contribution in [0.2, 0.25) is 0 Å². The molecule has 0 saturated heterocycles. The minimum atomic E-state index is -3.84. The molecule has 7 heteroatoms. The van der Waals surface area contributed by atoms with Gasteiger partial charge in [-0.3, -0.25) is 8.98 Å². The van der Waals surface area contributed by atoms with Crippen molar-refractivity contribution in [2.45, 2.75) is 38.5 Å². The van der Waals surface area contributed by atoms with Gasteiger partial charge in [-0.25, -0.2) is 0 Å². The number of para-hydroxylation sites is 1. The monoisotopic (exact) mass is 420 g/mol. The largest absolute Gasteiger partial charge is 0.492 e. The first kappa shape index (κ1) is 22.9. The third kappa shape index (κ3) is 6.58. The lowest BCUT2D eigenvalue weighted by Gasteiger charge is -2.27. The zero-order chi connectivity index (χ0) is 21.3. The molecule has 29 heavy (non-hydrogen) atoms. The zero-order valence-electron chi connectivity index (χ0n) is 17.1. The van der Waals surface area contributed by atoms with E-state index in [1.807, 2.05) is 30.3 Å². The van der Waals surface area contributed by atoms with Crippen molar-refractivity contribution in [2.75, 3.05) is 19.8 Å². The minimum absolute atomic E-state index is 0.0308. The summed E-state index contributed by atoms with van der Waals surface area (Å²) >= 11 is 0. The fraction of sp³-hybridized carbons (Fsp3) is 0.409. The fourth-order valence-electron chi connectivity index (χ4n) is 2.83. The summed E-state index contributed by atoms with van der Waals surface area (Å²) in [4.78, 5) is 12.6. The molecule has 1 atom stereocenters. The van der Waals surface area contributed by atoms with Crippen molar-refractivity contribution in [3.8, 4) is 5.75 Å². The van der Waals surface area contributed by atoms with E-state index < -0.39 is 15.5 Å². The quantitative estimate of drug-likeness (QED) is 0.309. The van der Waals surface area contributed by atoms with Crippen LogP contribution in [0.25, 0.3) is 0 Å².